The first kappa shape index (κ1) is 22.4. The van der Waals surface area contributed by atoms with Crippen LogP contribution < -0.4 is 15.8 Å². The Balaban J connectivity index is 1.71. The molecule has 13 heteroatoms. The number of nitrogens with zero attached hydrogens (tertiary/aromatic N) is 5. The number of carboxylic acids is 1. The molecule has 2 aromatic heterocycles. The molecule has 1 aliphatic heterocycles. The molecule has 3 aromatic rings. The number of carboxylic acid groups (broad SMARTS) is 1. The fourth-order valence-corrected chi connectivity index (χ4v) is 3.50. The molecule has 34 heavy (non-hydrogen) atoms. The molecule has 0 spiro atoms. The topological polar surface area (TPSA) is 189 Å². The van der Waals surface area contributed by atoms with Crippen LogP contribution in [0.25, 0.3) is 5.69 Å². The summed E-state index contributed by atoms with van der Waals surface area (Å²) in [5.74, 6) is -1.84. The van der Waals surface area contributed by atoms with Crippen molar-refractivity contribution in [3.8, 4) is 11.7 Å². The minimum atomic E-state index is -1.04. The number of aromatic nitrogens is 4. The Kier molecular flexibility index (Phi) is 5.91. The first-order valence-corrected chi connectivity index (χ1v) is 10.0. The predicted octanol–water partition coefficient (Wildman–Crippen LogP) is 0.638. The number of ether oxygens (including phenoxy) is 1. The molecule has 3 heterocycles. The van der Waals surface area contributed by atoms with Crippen LogP contribution in [0.5, 0.6) is 6.01 Å². The maximum absolute atomic E-state index is 13.3. The quantitative estimate of drug-likeness (QED) is 0.287. The lowest BCUT2D eigenvalue weighted by atomic mass is 10.1. The van der Waals surface area contributed by atoms with Crippen molar-refractivity contribution in [2.45, 2.75) is 13.0 Å². The van der Waals surface area contributed by atoms with Gasteiger partial charge in [-0.3, -0.25) is 24.8 Å². The average molecular weight is 464 g/mol. The highest BCUT2D eigenvalue weighted by Gasteiger charge is 2.30. The number of rotatable bonds is 7. The van der Waals surface area contributed by atoms with E-state index in [0.717, 1.165) is 0 Å². The van der Waals surface area contributed by atoms with Gasteiger partial charge in [0.1, 0.15) is 11.5 Å². The lowest BCUT2D eigenvalue weighted by Gasteiger charge is -2.19. The monoisotopic (exact) mass is 464 g/mol. The summed E-state index contributed by atoms with van der Waals surface area (Å²) >= 11 is 0. The highest BCUT2D eigenvalue weighted by molar-refractivity contribution is 6.06. The first-order valence-electron chi connectivity index (χ1n) is 10.0. The number of anilines is 1. The number of hydrogen-bond acceptors (Lipinski definition) is 8. The third kappa shape index (κ3) is 4.26. The maximum Gasteiger partial charge on any atom is 0.321 e. The Bertz CT molecular complexity index is 1320. The molecule has 0 fully saturated rings. The van der Waals surface area contributed by atoms with Gasteiger partial charge >= 0.3 is 12.0 Å². The van der Waals surface area contributed by atoms with Crippen LogP contribution >= 0.6 is 0 Å². The first-order chi connectivity index (χ1) is 16.3. The number of nitrogen functional groups attached to an aromatic ring is 1. The van der Waals surface area contributed by atoms with Crippen LogP contribution in [-0.2, 0) is 11.3 Å². The number of fused-ring (bicyclic) bond motifs is 3. The number of carbonyl (C=O) groups is 3. The third-order valence-corrected chi connectivity index (χ3v) is 5.13. The van der Waals surface area contributed by atoms with Crippen LogP contribution in [0, 0.1) is 5.41 Å². The normalized spacial score (nSPS) is 12.4. The molecule has 0 saturated heterocycles. The Hall–Kier alpha value is -4.81. The van der Waals surface area contributed by atoms with Gasteiger partial charge in [-0.15, -0.1) is 5.10 Å². The summed E-state index contributed by atoms with van der Waals surface area (Å²) < 4.78 is 6.84. The fourth-order valence-electron chi connectivity index (χ4n) is 3.50. The number of benzene rings is 1. The molecule has 13 nitrogen and oxygen atoms in total. The minimum absolute atomic E-state index is 0.0284. The second-order valence-electron chi connectivity index (χ2n) is 7.34. The molecular formula is C21H20N8O5. The van der Waals surface area contributed by atoms with E-state index in [0.29, 0.717) is 22.8 Å². The van der Waals surface area contributed by atoms with E-state index < -0.39 is 17.8 Å². The molecule has 4 rings (SSSR count). The standard InChI is InChI=1S/C21H20N8O5/c1-34-21-27-26-16-10-28(7-5-17(30)31)20(33)13-9-12(2-3-15(13)29(16)21)25-19(32)14-8-11(18(22)23)4-6-24-14/h2-4,6,8-9H,5,7,10H2,1H3,(H3,22,23)(H,25,32)(H,30,31). The van der Waals surface area contributed by atoms with Crippen LogP contribution in [-0.4, -0.2) is 67.0 Å². The summed E-state index contributed by atoms with van der Waals surface area (Å²) in [7, 11) is 1.42. The molecule has 0 bridgehead atoms. The predicted molar refractivity (Wildman–Crippen MR) is 118 cm³/mol. The number of nitrogens with one attached hydrogen (secondary N) is 2. The van der Waals surface area contributed by atoms with Crippen molar-refractivity contribution in [1.82, 2.24) is 24.6 Å². The minimum Gasteiger partial charge on any atom is -0.481 e. The zero-order valence-corrected chi connectivity index (χ0v) is 18.0. The van der Waals surface area contributed by atoms with Crippen molar-refractivity contribution >= 4 is 29.3 Å². The zero-order valence-electron chi connectivity index (χ0n) is 18.0. The van der Waals surface area contributed by atoms with Crippen molar-refractivity contribution in [3.63, 3.8) is 0 Å². The molecule has 0 unspecified atom stereocenters. The van der Waals surface area contributed by atoms with E-state index in [1.54, 1.807) is 16.7 Å². The lowest BCUT2D eigenvalue weighted by molar-refractivity contribution is -0.137. The molecule has 0 saturated carbocycles. The third-order valence-electron chi connectivity index (χ3n) is 5.13. The van der Waals surface area contributed by atoms with Crippen LogP contribution in [0.1, 0.15) is 38.7 Å². The summed E-state index contributed by atoms with van der Waals surface area (Å²) in [5, 5.41) is 27.3. The number of methoxy groups -OCH3 is 1. The van der Waals surface area contributed by atoms with Gasteiger partial charge in [-0.25, -0.2) is 4.57 Å². The van der Waals surface area contributed by atoms with Crippen molar-refractivity contribution in [2.75, 3.05) is 19.0 Å². The molecule has 0 atom stereocenters. The highest BCUT2D eigenvalue weighted by atomic mass is 16.5. The number of carbonyl (C=O) groups excluding carboxylic acids is 2. The lowest BCUT2D eigenvalue weighted by Crippen LogP contribution is -2.32. The number of pyridine rings is 1. The van der Waals surface area contributed by atoms with E-state index in [1.165, 1.54) is 36.4 Å². The SMILES string of the molecule is COc1nnc2n1-c1ccc(NC(=O)c3cc(C(=N)N)ccn3)cc1C(=O)N(CCC(=O)O)C2. The molecular weight excluding hydrogens is 444 g/mol. The maximum atomic E-state index is 13.3. The summed E-state index contributed by atoms with van der Waals surface area (Å²) in [4.78, 5) is 42.5. The van der Waals surface area contributed by atoms with Gasteiger partial charge in [0, 0.05) is 24.0 Å². The Labute approximate surface area is 192 Å². The zero-order chi connectivity index (χ0) is 24.4. The molecule has 174 valence electrons. The molecule has 1 aromatic carbocycles. The van der Waals surface area contributed by atoms with Crippen LogP contribution in [0.4, 0.5) is 5.69 Å². The van der Waals surface area contributed by atoms with Crippen molar-refractivity contribution < 1.29 is 24.2 Å². The van der Waals surface area contributed by atoms with Gasteiger partial charge in [-0.2, -0.15) is 0 Å². The smallest absolute Gasteiger partial charge is 0.321 e. The Morgan fingerprint density at radius 1 is 1.26 bits per heavy atom. The van der Waals surface area contributed by atoms with Gasteiger partial charge in [0.05, 0.1) is 31.3 Å². The molecule has 2 amide bonds. The van der Waals surface area contributed by atoms with E-state index >= 15 is 0 Å². The number of amidine groups is 1. The fraction of sp³-hybridized carbons (Fsp3) is 0.190. The van der Waals surface area contributed by atoms with Gasteiger partial charge in [-0.05, 0) is 30.3 Å². The van der Waals surface area contributed by atoms with Crippen LogP contribution in [0.3, 0.4) is 0 Å². The van der Waals surface area contributed by atoms with Crippen molar-refractivity contribution in [3.05, 3.63) is 59.2 Å². The summed E-state index contributed by atoms with van der Waals surface area (Å²) in [6.07, 6.45) is 1.12. The highest BCUT2D eigenvalue weighted by Crippen LogP contribution is 2.30. The van der Waals surface area contributed by atoms with Crippen molar-refractivity contribution in [2.24, 2.45) is 5.73 Å². The molecule has 0 aliphatic carbocycles. The number of aliphatic carboxylic acids is 1. The van der Waals surface area contributed by atoms with E-state index in [-0.39, 0.29) is 42.6 Å². The number of nitrogens with two attached hydrogens (primary N) is 1. The summed E-state index contributed by atoms with van der Waals surface area (Å²) in [6.45, 7) is -0.0122. The second kappa shape index (κ2) is 8.97. The number of amides is 2. The van der Waals surface area contributed by atoms with Gasteiger partial charge in [0.2, 0.25) is 0 Å². The van der Waals surface area contributed by atoms with Gasteiger partial charge in [0.25, 0.3) is 11.8 Å². The molecule has 0 radical (unpaired) electrons. The second-order valence-corrected chi connectivity index (χ2v) is 7.34. The molecule has 1 aliphatic rings. The van der Waals surface area contributed by atoms with Gasteiger partial charge < -0.3 is 25.8 Å². The average Bonchev–Trinajstić information content (AvgIpc) is 3.18. The largest absolute Gasteiger partial charge is 0.481 e. The Morgan fingerprint density at radius 3 is 2.76 bits per heavy atom. The number of hydrogen-bond donors (Lipinski definition) is 4. The van der Waals surface area contributed by atoms with Gasteiger partial charge in [-0.1, -0.05) is 5.10 Å². The van der Waals surface area contributed by atoms with Crippen LogP contribution in [0.2, 0.25) is 0 Å². The van der Waals surface area contributed by atoms with Crippen molar-refractivity contribution in [1.29, 1.82) is 5.41 Å². The van der Waals surface area contributed by atoms with E-state index in [2.05, 4.69) is 20.5 Å². The van der Waals surface area contributed by atoms with Gasteiger partial charge in [0.15, 0.2) is 5.82 Å². The summed E-state index contributed by atoms with van der Waals surface area (Å²) in [6, 6.07) is 7.73. The van der Waals surface area contributed by atoms with E-state index in [4.69, 9.17) is 21.0 Å². The van der Waals surface area contributed by atoms with E-state index in [9.17, 15) is 14.4 Å². The Morgan fingerprint density at radius 2 is 2.06 bits per heavy atom. The molecule has 5 N–H and O–H groups in total. The summed E-state index contributed by atoms with van der Waals surface area (Å²) in [5.41, 5.74) is 6.79. The van der Waals surface area contributed by atoms with Crippen LogP contribution in [0.15, 0.2) is 36.5 Å². The van der Waals surface area contributed by atoms with E-state index in [1.807, 2.05) is 0 Å².